The molecule has 1 atom stereocenters. The fourth-order valence-electron chi connectivity index (χ4n) is 2.11. The molecule has 1 unspecified atom stereocenters. The van der Waals surface area contributed by atoms with Gasteiger partial charge in [0.25, 0.3) is 0 Å². The van der Waals surface area contributed by atoms with E-state index in [4.69, 9.17) is 0 Å². The number of halogens is 3. The van der Waals surface area contributed by atoms with Gasteiger partial charge in [-0.3, -0.25) is 0 Å². The van der Waals surface area contributed by atoms with Gasteiger partial charge in [-0.2, -0.15) is 0 Å². The lowest BCUT2D eigenvalue weighted by Gasteiger charge is -2.17. The minimum atomic E-state index is -0.486. The van der Waals surface area contributed by atoms with E-state index in [0.717, 1.165) is 20.8 Å². The first-order chi connectivity index (χ1) is 9.52. The number of likely N-dealkylation sites (N-methyl/N-ethyl adjacent to an activating group) is 1. The van der Waals surface area contributed by atoms with Gasteiger partial charge < -0.3 is 5.32 Å². The Hall–Kier alpha value is -0.780. The Morgan fingerprint density at radius 2 is 1.95 bits per heavy atom. The molecule has 0 aliphatic heterocycles. The molecule has 2 rings (SSSR count). The van der Waals surface area contributed by atoms with E-state index in [1.54, 1.807) is 11.3 Å². The first-order valence-corrected chi connectivity index (χ1v) is 8.06. The molecule has 0 bridgehead atoms. The summed E-state index contributed by atoms with van der Waals surface area (Å²) in [6, 6.07) is 5.97. The highest BCUT2D eigenvalue weighted by atomic mass is 79.9. The van der Waals surface area contributed by atoms with Gasteiger partial charge in [-0.1, -0.05) is 13.0 Å². The van der Waals surface area contributed by atoms with Crippen molar-refractivity contribution in [2.75, 3.05) is 6.54 Å². The first kappa shape index (κ1) is 15.6. The summed E-state index contributed by atoms with van der Waals surface area (Å²) >= 11 is 5.10. The van der Waals surface area contributed by atoms with Crippen LogP contribution in [0.5, 0.6) is 0 Å². The van der Waals surface area contributed by atoms with Gasteiger partial charge in [0, 0.05) is 16.5 Å². The molecule has 0 fully saturated rings. The van der Waals surface area contributed by atoms with E-state index in [1.165, 1.54) is 18.2 Å². The Kier molecular flexibility index (Phi) is 5.29. The van der Waals surface area contributed by atoms with Crippen molar-refractivity contribution in [1.82, 2.24) is 5.32 Å². The standard InChI is InChI=1S/C15H16BrF2NS/c1-3-19-13(14-7-9(2)15(16)20-14)8-10-11(17)5-4-6-12(10)18/h4-7,13,19H,3,8H2,1-2H3. The molecule has 1 aromatic carbocycles. The van der Waals surface area contributed by atoms with Crippen LogP contribution in [0.2, 0.25) is 0 Å². The van der Waals surface area contributed by atoms with E-state index >= 15 is 0 Å². The summed E-state index contributed by atoms with van der Waals surface area (Å²) < 4.78 is 28.6. The second-order valence-electron chi connectivity index (χ2n) is 4.62. The van der Waals surface area contributed by atoms with Crippen molar-refractivity contribution in [2.24, 2.45) is 0 Å². The Morgan fingerprint density at radius 3 is 2.45 bits per heavy atom. The molecule has 0 aliphatic rings. The molecule has 2 aromatic rings. The van der Waals surface area contributed by atoms with E-state index < -0.39 is 11.6 Å². The molecule has 108 valence electrons. The number of aryl methyl sites for hydroxylation is 1. The molecule has 1 heterocycles. The van der Waals surface area contributed by atoms with Crippen molar-refractivity contribution in [2.45, 2.75) is 26.3 Å². The van der Waals surface area contributed by atoms with Crippen LogP contribution in [0.25, 0.3) is 0 Å². The molecule has 1 nitrogen and oxygen atoms in total. The summed E-state index contributed by atoms with van der Waals surface area (Å²) in [5, 5.41) is 3.30. The molecule has 1 N–H and O–H groups in total. The molecule has 1 aromatic heterocycles. The van der Waals surface area contributed by atoms with Crippen molar-refractivity contribution in [3.05, 3.63) is 55.7 Å². The zero-order valence-corrected chi connectivity index (χ0v) is 13.7. The molecule has 20 heavy (non-hydrogen) atoms. The predicted molar refractivity (Wildman–Crippen MR) is 83.2 cm³/mol. The van der Waals surface area contributed by atoms with Crippen LogP contribution in [0.4, 0.5) is 8.78 Å². The Labute approximate surface area is 130 Å². The molecule has 0 amide bonds. The van der Waals surface area contributed by atoms with Gasteiger partial charge in [0.2, 0.25) is 0 Å². The van der Waals surface area contributed by atoms with E-state index in [2.05, 4.69) is 27.3 Å². The monoisotopic (exact) mass is 359 g/mol. The van der Waals surface area contributed by atoms with Crippen LogP contribution in [0.1, 0.15) is 29.0 Å². The second-order valence-corrected chi connectivity index (χ2v) is 7.02. The van der Waals surface area contributed by atoms with E-state index in [1.807, 2.05) is 13.8 Å². The van der Waals surface area contributed by atoms with Crippen LogP contribution in [0.15, 0.2) is 28.1 Å². The molecule has 0 saturated carbocycles. The minimum absolute atomic E-state index is 0.0820. The molecule has 0 saturated heterocycles. The highest BCUT2D eigenvalue weighted by Crippen LogP contribution is 2.33. The van der Waals surface area contributed by atoms with E-state index in [9.17, 15) is 8.78 Å². The summed E-state index contributed by atoms with van der Waals surface area (Å²) in [5.41, 5.74) is 1.28. The third-order valence-corrected chi connectivity index (χ3v) is 5.39. The van der Waals surface area contributed by atoms with Gasteiger partial charge in [0.05, 0.1) is 3.79 Å². The highest BCUT2D eigenvalue weighted by molar-refractivity contribution is 9.11. The fraction of sp³-hybridized carbons (Fsp3) is 0.333. The molecule has 5 heteroatoms. The molecule has 0 spiro atoms. The second kappa shape index (κ2) is 6.78. The van der Waals surface area contributed by atoms with Crippen molar-refractivity contribution in [1.29, 1.82) is 0 Å². The maximum Gasteiger partial charge on any atom is 0.129 e. The lowest BCUT2D eigenvalue weighted by Crippen LogP contribution is -2.23. The maximum absolute atomic E-state index is 13.8. The first-order valence-electron chi connectivity index (χ1n) is 6.45. The average Bonchev–Trinajstić information content (AvgIpc) is 2.73. The number of rotatable bonds is 5. The van der Waals surface area contributed by atoms with Crippen molar-refractivity contribution in [3.63, 3.8) is 0 Å². The summed E-state index contributed by atoms with van der Waals surface area (Å²) in [7, 11) is 0. The fourth-order valence-corrected chi connectivity index (χ4v) is 3.75. The smallest absolute Gasteiger partial charge is 0.129 e. The minimum Gasteiger partial charge on any atom is -0.309 e. The van der Waals surface area contributed by atoms with Gasteiger partial charge in [-0.05, 0) is 59.6 Å². The predicted octanol–water partition coefficient (Wildman–Crippen LogP) is 4.99. The number of nitrogens with one attached hydrogen (secondary N) is 1. The zero-order valence-electron chi connectivity index (χ0n) is 11.3. The Morgan fingerprint density at radius 1 is 1.30 bits per heavy atom. The largest absolute Gasteiger partial charge is 0.309 e. The van der Waals surface area contributed by atoms with Gasteiger partial charge >= 0.3 is 0 Å². The van der Waals surface area contributed by atoms with Crippen LogP contribution < -0.4 is 5.32 Å². The maximum atomic E-state index is 13.8. The van der Waals surface area contributed by atoms with Crippen LogP contribution in [-0.4, -0.2) is 6.54 Å². The van der Waals surface area contributed by atoms with Crippen molar-refractivity contribution in [3.8, 4) is 0 Å². The lowest BCUT2D eigenvalue weighted by atomic mass is 10.0. The highest BCUT2D eigenvalue weighted by Gasteiger charge is 2.19. The third-order valence-electron chi connectivity index (χ3n) is 3.14. The summed E-state index contributed by atoms with van der Waals surface area (Å²) in [5.74, 6) is -0.972. The molecule has 0 radical (unpaired) electrons. The summed E-state index contributed by atoms with van der Waals surface area (Å²) in [4.78, 5) is 1.08. The van der Waals surface area contributed by atoms with Crippen LogP contribution in [0.3, 0.4) is 0 Å². The summed E-state index contributed by atoms with van der Waals surface area (Å²) in [6.07, 6.45) is 0.304. The normalized spacial score (nSPS) is 12.7. The Bertz CT molecular complexity index is 558. The van der Waals surface area contributed by atoms with E-state index in [0.29, 0.717) is 6.42 Å². The summed E-state index contributed by atoms with van der Waals surface area (Å²) in [6.45, 7) is 4.74. The van der Waals surface area contributed by atoms with Gasteiger partial charge in [-0.25, -0.2) is 8.78 Å². The Balaban J connectivity index is 2.30. The van der Waals surface area contributed by atoms with Gasteiger partial charge in [0.15, 0.2) is 0 Å². The van der Waals surface area contributed by atoms with Crippen LogP contribution >= 0.6 is 27.3 Å². The number of hydrogen-bond donors (Lipinski definition) is 1. The third kappa shape index (κ3) is 3.45. The lowest BCUT2D eigenvalue weighted by molar-refractivity contribution is 0.503. The van der Waals surface area contributed by atoms with Crippen LogP contribution in [-0.2, 0) is 6.42 Å². The van der Waals surface area contributed by atoms with Gasteiger partial charge in [-0.15, -0.1) is 11.3 Å². The molecular formula is C15H16BrF2NS. The molecule has 0 aliphatic carbocycles. The van der Waals surface area contributed by atoms with Gasteiger partial charge in [0.1, 0.15) is 11.6 Å². The molecular weight excluding hydrogens is 344 g/mol. The number of hydrogen-bond acceptors (Lipinski definition) is 2. The number of thiophene rings is 1. The topological polar surface area (TPSA) is 12.0 Å². The zero-order chi connectivity index (χ0) is 14.7. The quantitative estimate of drug-likeness (QED) is 0.792. The van der Waals surface area contributed by atoms with Crippen LogP contribution in [0, 0.1) is 18.6 Å². The number of benzene rings is 1. The van der Waals surface area contributed by atoms with E-state index in [-0.39, 0.29) is 11.6 Å². The average molecular weight is 360 g/mol. The SMILES string of the molecule is CCNC(Cc1c(F)cccc1F)c1cc(C)c(Br)s1. The van der Waals surface area contributed by atoms with Crippen molar-refractivity contribution >= 4 is 27.3 Å². The van der Waals surface area contributed by atoms with Crippen molar-refractivity contribution < 1.29 is 8.78 Å².